The number of amides is 1. The predicted molar refractivity (Wildman–Crippen MR) is 64.5 cm³/mol. The second-order valence-electron chi connectivity index (χ2n) is 3.53. The number of aliphatic carboxylic acids is 1. The molecule has 0 aliphatic rings. The van der Waals surface area contributed by atoms with Crippen LogP contribution in [0.1, 0.15) is 12.0 Å². The summed E-state index contributed by atoms with van der Waals surface area (Å²) in [5.41, 5.74) is 0.738. The maximum Gasteiger partial charge on any atom is 0.326 e. The van der Waals surface area contributed by atoms with Crippen LogP contribution in [-0.4, -0.2) is 39.7 Å². The van der Waals surface area contributed by atoms with Gasteiger partial charge in [-0.3, -0.25) is 9.78 Å². The molecule has 0 aromatic carbocycles. The number of pyridine rings is 1. The summed E-state index contributed by atoms with van der Waals surface area (Å²) in [7, 11) is 0. The smallest absolute Gasteiger partial charge is 0.326 e. The van der Waals surface area contributed by atoms with Crippen LogP contribution in [0.15, 0.2) is 30.6 Å². The van der Waals surface area contributed by atoms with Gasteiger partial charge >= 0.3 is 5.97 Å². The Kier molecular flexibility index (Phi) is 5.53. The average molecular weight is 250 g/mol. The summed E-state index contributed by atoms with van der Waals surface area (Å²) >= 11 is 0. The lowest BCUT2D eigenvalue weighted by molar-refractivity contribution is -0.141. The van der Waals surface area contributed by atoms with Gasteiger partial charge in [0.05, 0.1) is 0 Å². The van der Waals surface area contributed by atoms with Crippen LogP contribution in [0.25, 0.3) is 6.08 Å². The Bertz CT molecular complexity index is 431. The molecule has 6 nitrogen and oxygen atoms in total. The summed E-state index contributed by atoms with van der Waals surface area (Å²) in [6.45, 7) is -0.302. The molecule has 0 bridgehead atoms. The van der Waals surface area contributed by atoms with Crippen molar-refractivity contribution in [3.8, 4) is 0 Å². The first-order chi connectivity index (χ1) is 8.63. The lowest BCUT2D eigenvalue weighted by Crippen LogP contribution is -2.40. The van der Waals surface area contributed by atoms with Gasteiger partial charge in [-0.05, 0) is 17.7 Å². The number of rotatable bonds is 6. The van der Waals surface area contributed by atoms with Crippen LogP contribution >= 0.6 is 0 Å². The number of carboxylic acid groups (broad SMARTS) is 1. The highest BCUT2D eigenvalue weighted by molar-refractivity contribution is 5.94. The highest BCUT2D eigenvalue weighted by Gasteiger charge is 2.17. The van der Waals surface area contributed by atoms with Crippen molar-refractivity contribution in [2.24, 2.45) is 0 Å². The SMILES string of the molecule is O=C(/C=C/c1cccnc1)NC(CCO)C(=O)O. The summed E-state index contributed by atoms with van der Waals surface area (Å²) in [4.78, 5) is 26.1. The Morgan fingerprint density at radius 2 is 2.28 bits per heavy atom. The number of nitrogens with one attached hydrogen (secondary N) is 1. The van der Waals surface area contributed by atoms with Gasteiger partial charge in [0.2, 0.25) is 5.91 Å². The number of carbonyl (C=O) groups is 2. The van der Waals surface area contributed by atoms with Crippen molar-refractivity contribution in [1.82, 2.24) is 10.3 Å². The van der Waals surface area contributed by atoms with E-state index >= 15 is 0 Å². The molecule has 6 heteroatoms. The molecule has 1 unspecified atom stereocenters. The van der Waals surface area contributed by atoms with Crippen LogP contribution in [0, 0.1) is 0 Å². The van der Waals surface area contributed by atoms with Crippen LogP contribution in [-0.2, 0) is 9.59 Å². The zero-order chi connectivity index (χ0) is 13.4. The zero-order valence-corrected chi connectivity index (χ0v) is 9.61. The summed E-state index contributed by atoms with van der Waals surface area (Å²) in [6.07, 6.45) is 5.91. The van der Waals surface area contributed by atoms with Gasteiger partial charge in [0.1, 0.15) is 6.04 Å². The summed E-state index contributed by atoms with van der Waals surface area (Å²) in [5.74, 6) is -1.70. The van der Waals surface area contributed by atoms with Gasteiger partial charge in [0, 0.05) is 31.5 Å². The van der Waals surface area contributed by atoms with Crippen molar-refractivity contribution < 1.29 is 19.8 Å². The minimum atomic E-state index is -1.17. The Morgan fingerprint density at radius 1 is 1.50 bits per heavy atom. The highest BCUT2D eigenvalue weighted by atomic mass is 16.4. The summed E-state index contributed by atoms with van der Waals surface area (Å²) in [6, 6.07) is 2.41. The first-order valence-electron chi connectivity index (χ1n) is 5.35. The maximum absolute atomic E-state index is 11.4. The average Bonchev–Trinajstić information content (AvgIpc) is 2.37. The number of aliphatic hydroxyl groups is 1. The number of carbonyl (C=O) groups excluding carboxylic acids is 1. The van der Waals surface area contributed by atoms with Crippen molar-refractivity contribution in [3.05, 3.63) is 36.2 Å². The topological polar surface area (TPSA) is 99.5 Å². The van der Waals surface area contributed by atoms with Crippen molar-refractivity contribution in [3.63, 3.8) is 0 Å². The number of hydrogen-bond donors (Lipinski definition) is 3. The number of hydrogen-bond acceptors (Lipinski definition) is 4. The van der Waals surface area contributed by atoms with Gasteiger partial charge < -0.3 is 15.5 Å². The van der Waals surface area contributed by atoms with E-state index in [-0.39, 0.29) is 13.0 Å². The summed E-state index contributed by atoms with van der Waals surface area (Å²) in [5, 5.41) is 19.7. The Labute approximate surface area is 104 Å². The van der Waals surface area contributed by atoms with Crippen molar-refractivity contribution in [1.29, 1.82) is 0 Å². The Balaban J connectivity index is 2.55. The monoisotopic (exact) mass is 250 g/mol. The molecule has 0 spiro atoms. The molecule has 3 N–H and O–H groups in total. The van der Waals surface area contributed by atoms with E-state index in [4.69, 9.17) is 10.2 Å². The van der Waals surface area contributed by atoms with Crippen LogP contribution in [0.5, 0.6) is 0 Å². The molecule has 0 fully saturated rings. The fourth-order valence-corrected chi connectivity index (χ4v) is 1.25. The second-order valence-corrected chi connectivity index (χ2v) is 3.53. The van der Waals surface area contributed by atoms with Crippen molar-refractivity contribution >= 4 is 18.0 Å². The van der Waals surface area contributed by atoms with Gasteiger partial charge in [-0.15, -0.1) is 0 Å². The molecule has 1 heterocycles. The van der Waals surface area contributed by atoms with Gasteiger partial charge in [0.15, 0.2) is 0 Å². The molecule has 0 saturated carbocycles. The maximum atomic E-state index is 11.4. The fraction of sp³-hybridized carbons (Fsp3) is 0.250. The lowest BCUT2D eigenvalue weighted by atomic mass is 10.2. The molecule has 1 aromatic heterocycles. The first-order valence-corrected chi connectivity index (χ1v) is 5.35. The molecular weight excluding hydrogens is 236 g/mol. The quantitative estimate of drug-likeness (QED) is 0.619. The molecule has 0 saturated heterocycles. The van der Waals surface area contributed by atoms with E-state index < -0.39 is 17.9 Å². The number of aromatic nitrogens is 1. The lowest BCUT2D eigenvalue weighted by Gasteiger charge is -2.11. The Morgan fingerprint density at radius 3 is 2.83 bits per heavy atom. The largest absolute Gasteiger partial charge is 0.480 e. The minimum Gasteiger partial charge on any atom is -0.480 e. The summed E-state index contributed by atoms with van der Waals surface area (Å²) < 4.78 is 0. The third-order valence-corrected chi connectivity index (χ3v) is 2.14. The standard InChI is InChI=1S/C12H14N2O4/c15-7-5-10(12(17)18)14-11(16)4-3-9-2-1-6-13-8-9/h1-4,6,8,10,15H,5,7H2,(H,14,16)(H,17,18)/b4-3+. The van der Waals surface area contributed by atoms with E-state index in [1.807, 2.05) is 0 Å². The first kappa shape index (κ1) is 13.9. The molecule has 1 rings (SSSR count). The van der Waals surface area contributed by atoms with E-state index in [0.717, 1.165) is 5.56 Å². The third-order valence-electron chi connectivity index (χ3n) is 2.14. The van der Waals surface area contributed by atoms with Gasteiger partial charge in [-0.1, -0.05) is 6.07 Å². The van der Waals surface area contributed by atoms with E-state index in [1.54, 1.807) is 24.5 Å². The zero-order valence-electron chi connectivity index (χ0n) is 9.61. The molecular formula is C12H14N2O4. The second kappa shape index (κ2) is 7.18. The highest BCUT2D eigenvalue weighted by Crippen LogP contribution is 1.99. The molecule has 0 aliphatic carbocycles. The molecule has 96 valence electrons. The fourth-order valence-electron chi connectivity index (χ4n) is 1.25. The van der Waals surface area contributed by atoms with E-state index in [0.29, 0.717) is 0 Å². The van der Waals surface area contributed by atoms with Gasteiger partial charge in [-0.2, -0.15) is 0 Å². The normalized spacial score (nSPS) is 12.3. The number of nitrogens with zero attached hydrogens (tertiary/aromatic N) is 1. The third kappa shape index (κ3) is 4.75. The number of aliphatic hydroxyl groups excluding tert-OH is 1. The van der Waals surface area contributed by atoms with Crippen LogP contribution < -0.4 is 5.32 Å². The van der Waals surface area contributed by atoms with Crippen LogP contribution in [0.4, 0.5) is 0 Å². The van der Waals surface area contributed by atoms with E-state index in [1.165, 1.54) is 12.2 Å². The van der Waals surface area contributed by atoms with Gasteiger partial charge in [0.25, 0.3) is 0 Å². The number of carboxylic acids is 1. The van der Waals surface area contributed by atoms with Crippen LogP contribution in [0.2, 0.25) is 0 Å². The van der Waals surface area contributed by atoms with Crippen molar-refractivity contribution in [2.45, 2.75) is 12.5 Å². The Hall–Kier alpha value is -2.21. The minimum absolute atomic E-state index is 0.0260. The van der Waals surface area contributed by atoms with Crippen LogP contribution in [0.3, 0.4) is 0 Å². The molecule has 0 radical (unpaired) electrons. The van der Waals surface area contributed by atoms with E-state index in [2.05, 4.69) is 10.3 Å². The molecule has 1 amide bonds. The molecule has 0 aliphatic heterocycles. The molecule has 18 heavy (non-hydrogen) atoms. The molecule has 1 atom stereocenters. The van der Waals surface area contributed by atoms with Gasteiger partial charge in [-0.25, -0.2) is 4.79 Å². The van der Waals surface area contributed by atoms with E-state index in [9.17, 15) is 9.59 Å². The van der Waals surface area contributed by atoms with Crippen molar-refractivity contribution in [2.75, 3.05) is 6.61 Å². The molecule has 1 aromatic rings. The predicted octanol–water partition coefficient (Wildman–Crippen LogP) is 0.0466.